The highest BCUT2D eigenvalue weighted by Crippen LogP contribution is 2.32. The highest BCUT2D eigenvalue weighted by atomic mass is 35.5. The molecule has 3 rings (SSSR count). The van der Waals surface area contributed by atoms with Gasteiger partial charge in [-0.25, -0.2) is 0 Å². The van der Waals surface area contributed by atoms with Gasteiger partial charge in [0.1, 0.15) is 13.2 Å². The molecule has 2 aromatic rings. The van der Waals surface area contributed by atoms with Crippen LogP contribution in [0.25, 0.3) is 0 Å². The van der Waals surface area contributed by atoms with E-state index in [-0.39, 0.29) is 11.0 Å². The quantitative estimate of drug-likeness (QED) is 0.816. The fourth-order valence-electron chi connectivity index (χ4n) is 2.06. The van der Waals surface area contributed by atoms with Crippen molar-refractivity contribution in [2.24, 2.45) is 0 Å². The van der Waals surface area contributed by atoms with Gasteiger partial charge in [-0.15, -0.1) is 0 Å². The number of amides is 1. The van der Waals surface area contributed by atoms with E-state index >= 15 is 0 Å². The van der Waals surface area contributed by atoms with E-state index in [1.54, 1.807) is 42.5 Å². The third-order valence-corrected chi connectivity index (χ3v) is 3.59. The molecule has 2 N–H and O–H groups in total. The van der Waals surface area contributed by atoms with E-state index in [2.05, 4.69) is 10.6 Å². The zero-order valence-corrected chi connectivity index (χ0v) is 13.5. The zero-order valence-electron chi connectivity index (χ0n) is 12.0. The lowest BCUT2D eigenvalue weighted by Gasteiger charge is -2.19. The van der Waals surface area contributed by atoms with Crippen molar-refractivity contribution in [2.75, 3.05) is 18.5 Å². The molecular formula is C16H13ClN2O3S. The minimum atomic E-state index is -0.309. The minimum absolute atomic E-state index is 0.196. The van der Waals surface area contributed by atoms with Gasteiger partial charge < -0.3 is 14.8 Å². The van der Waals surface area contributed by atoms with Crippen molar-refractivity contribution in [3.05, 3.63) is 53.1 Å². The normalized spacial score (nSPS) is 12.4. The predicted molar refractivity (Wildman–Crippen MR) is 92.6 cm³/mol. The number of anilines is 1. The van der Waals surface area contributed by atoms with Gasteiger partial charge in [0.2, 0.25) is 0 Å². The van der Waals surface area contributed by atoms with Gasteiger partial charge in [0.25, 0.3) is 5.91 Å². The average molecular weight is 349 g/mol. The number of rotatable bonds is 2. The zero-order chi connectivity index (χ0) is 16.2. The van der Waals surface area contributed by atoms with Gasteiger partial charge in [-0.2, -0.15) is 0 Å². The maximum atomic E-state index is 12.1. The Balaban J connectivity index is 1.63. The Morgan fingerprint density at radius 3 is 2.48 bits per heavy atom. The lowest BCUT2D eigenvalue weighted by molar-refractivity contribution is 0.0978. The molecule has 118 valence electrons. The first-order chi connectivity index (χ1) is 11.1. The Morgan fingerprint density at radius 2 is 1.74 bits per heavy atom. The van der Waals surface area contributed by atoms with Crippen LogP contribution in [0.3, 0.4) is 0 Å². The fraction of sp³-hybridized carbons (Fsp3) is 0.125. The first-order valence-electron chi connectivity index (χ1n) is 6.89. The highest BCUT2D eigenvalue weighted by Gasteiger charge is 2.13. The molecule has 2 aromatic carbocycles. The maximum absolute atomic E-state index is 12.1. The van der Waals surface area contributed by atoms with Crippen molar-refractivity contribution in [1.29, 1.82) is 0 Å². The van der Waals surface area contributed by atoms with Gasteiger partial charge in [0.15, 0.2) is 16.6 Å². The Kier molecular flexibility index (Phi) is 4.64. The standard InChI is InChI=1S/C16H13ClN2O3S/c17-11-3-1-10(2-4-11)15(20)19-16(23)18-12-5-6-13-14(9-12)22-8-7-21-13/h1-6,9H,7-8H2,(H2,18,19,20,23). The molecule has 1 aliphatic heterocycles. The van der Waals surface area contributed by atoms with Gasteiger partial charge in [0.05, 0.1) is 0 Å². The number of hydrogen-bond acceptors (Lipinski definition) is 4. The van der Waals surface area contributed by atoms with E-state index in [4.69, 9.17) is 33.3 Å². The minimum Gasteiger partial charge on any atom is -0.486 e. The largest absolute Gasteiger partial charge is 0.486 e. The summed E-state index contributed by atoms with van der Waals surface area (Å²) in [7, 11) is 0. The van der Waals surface area contributed by atoms with Gasteiger partial charge in [0, 0.05) is 22.3 Å². The lowest BCUT2D eigenvalue weighted by atomic mass is 10.2. The number of thiocarbonyl (C=S) groups is 1. The molecule has 0 fully saturated rings. The molecule has 0 aliphatic carbocycles. The Hall–Kier alpha value is -2.31. The van der Waals surface area contributed by atoms with Crippen LogP contribution in [0.2, 0.25) is 5.02 Å². The summed E-state index contributed by atoms with van der Waals surface area (Å²) in [5.74, 6) is 1.03. The summed E-state index contributed by atoms with van der Waals surface area (Å²) in [6.45, 7) is 1.05. The molecule has 0 unspecified atom stereocenters. The van der Waals surface area contributed by atoms with Crippen molar-refractivity contribution < 1.29 is 14.3 Å². The molecule has 0 radical (unpaired) electrons. The molecule has 0 aromatic heterocycles. The first-order valence-corrected chi connectivity index (χ1v) is 7.68. The van der Waals surface area contributed by atoms with E-state index in [1.165, 1.54) is 0 Å². The van der Waals surface area contributed by atoms with Crippen LogP contribution in [0.5, 0.6) is 11.5 Å². The summed E-state index contributed by atoms with van der Waals surface area (Å²) >= 11 is 10.9. The third kappa shape index (κ3) is 3.91. The topological polar surface area (TPSA) is 59.6 Å². The van der Waals surface area contributed by atoms with Crippen LogP contribution in [-0.2, 0) is 0 Å². The number of nitrogens with one attached hydrogen (secondary N) is 2. The Labute approximate surface area is 143 Å². The summed E-state index contributed by atoms with van der Waals surface area (Å²) in [5.41, 5.74) is 1.18. The molecule has 0 bridgehead atoms. The molecule has 7 heteroatoms. The monoisotopic (exact) mass is 348 g/mol. The number of halogens is 1. The average Bonchev–Trinajstić information content (AvgIpc) is 2.55. The number of carbonyl (C=O) groups is 1. The number of ether oxygens (including phenoxy) is 2. The van der Waals surface area contributed by atoms with E-state index in [1.807, 2.05) is 0 Å². The molecule has 0 saturated heterocycles. The molecule has 0 atom stereocenters. The van der Waals surface area contributed by atoms with Crippen LogP contribution in [0.1, 0.15) is 10.4 Å². The summed E-state index contributed by atoms with van der Waals surface area (Å²) < 4.78 is 10.9. The van der Waals surface area contributed by atoms with Crippen molar-refractivity contribution in [3.8, 4) is 11.5 Å². The molecule has 1 heterocycles. The van der Waals surface area contributed by atoms with Gasteiger partial charge >= 0.3 is 0 Å². The van der Waals surface area contributed by atoms with Crippen LogP contribution in [0, 0.1) is 0 Å². The summed E-state index contributed by atoms with van der Waals surface area (Å²) in [4.78, 5) is 12.1. The SMILES string of the molecule is O=C(NC(=S)Nc1ccc2c(c1)OCCO2)c1ccc(Cl)cc1. The van der Waals surface area contributed by atoms with Crippen LogP contribution >= 0.6 is 23.8 Å². The second kappa shape index (κ2) is 6.85. The second-order valence-electron chi connectivity index (χ2n) is 4.77. The predicted octanol–water partition coefficient (Wildman–Crippen LogP) is 3.24. The van der Waals surface area contributed by atoms with Crippen LogP contribution in [0.4, 0.5) is 5.69 Å². The second-order valence-corrected chi connectivity index (χ2v) is 5.62. The molecule has 5 nitrogen and oxygen atoms in total. The lowest BCUT2D eigenvalue weighted by Crippen LogP contribution is -2.34. The first kappa shape index (κ1) is 15.6. The number of benzene rings is 2. The summed E-state index contributed by atoms with van der Waals surface area (Å²) in [5, 5.41) is 6.32. The van der Waals surface area contributed by atoms with Crippen LogP contribution in [0.15, 0.2) is 42.5 Å². The fourth-order valence-corrected chi connectivity index (χ4v) is 2.40. The van der Waals surface area contributed by atoms with E-state index in [0.29, 0.717) is 41.0 Å². The molecule has 1 amide bonds. The van der Waals surface area contributed by atoms with E-state index in [0.717, 1.165) is 0 Å². The van der Waals surface area contributed by atoms with Crippen molar-refractivity contribution >= 4 is 40.5 Å². The molecule has 1 aliphatic rings. The third-order valence-electron chi connectivity index (χ3n) is 3.13. The van der Waals surface area contributed by atoms with Crippen LogP contribution < -0.4 is 20.1 Å². The summed E-state index contributed by atoms with van der Waals surface area (Å²) in [6.07, 6.45) is 0. The van der Waals surface area contributed by atoms with Gasteiger partial charge in [-0.3, -0.25) is 10.1 Å². The van der Waals surface area contributed by atoms with Gasteiger partial charge in [-0.05, 0) is 48.6 Å². The Bertz CT molecular complexity index is 749. The van der Waals surface area contributed by atoms with Crippen molar-refractivity contribution in [3.63, 3.8) is 0 Å². The number of carbonyl (C=O) groups excluding carboxylic acids is 1. The Morgan fingerprint density at radius 1 is 1.04 bits per heavy atom. The van der Waals surface area contributed by atoms with Crippen molar-refractivity contribution in [1.82, 2.24) is 5.32 Å². The van der Waals surface area contributed by atoms with E-state index < -0.39 is 0 Å². The molecule has 23 heavy (non-hydrogen) atoms. The molecule has 0 saturated carbocycles. The number of fused-ring (bicyclic) bond motifs is 1. The van der Waals surface area contributed by atoms with Crippen LogP contribution in [-0.4, -0.2) is 24.2 Å². The van der Waals surface area contributed by atoms with E-state index in [9.17, 15) is 4.79 Å². The molecular weight excluding hydrogens is 336 g/mol. The smallest absolute Gasteiger partial charge is 0.257 e. The molecule has 0 spiro atoms. The highest BCUT2D eigenvalue weighted by molar-refractivity contribution is 7.80. The number of hydrogen-bond donors (Lipinski definition) is 2. The maximum Gasteiger partial charge on any atom is 0.257 e. The van der Waals surface area contributed by atoms with Crippen molar-refractivity contribution in [2.45, 2.75) is 0 Å². The van der Waals surface area contributed by atoms with Gasteiger partial charge in [-0.1, -0.05) is 11.6 Å². The summed E-state index contributed by atoms with van der Waals surface area (Å²) in [6, 6.07) is 11.9.